The van der Waals surface area contributed by atoms with Crippen molar-refractivity contribution in [1.82, 2.24) is 24.3 Å². The number of aromatic nitrogens is 5. The lowest BCUT2D eigenvalue weighted by atomic mass is 10.2. The van der Waals surface area contributed by atoms with Gasteiger partial charge in [-0.2, -0.15) is 10.4 Å². The van der Waals surface area contributed by atoms with Crippen molar-refractivity contribution in [3.8, 4) is 23.1 Å². The number of hydrogen-bond donors (Lipinski definition) is 0. The van der Waals surface area contributed by atoms with E-state index in [0.29, 0.717) is 29.7 Å². The second-order valence-electron chi connectivity index (χ2n) is 6.16. The zero-order chi connectivity index (χ0) is 21.1. The highest BCUT2D eigenvalue weighted by Crippen LogP contribution is 2.26. The molecule has 0 saturated heterocycles. The molecule has 0 bridgehead atoms. The van der Waals surface area contributed by atoms with Crippen molar-refractivity contribution < 1.29 is 14.5 Å². The Hall–Kier alpha value is -4.59. The summed E-state index contributed by atoms with van der Waals surface area (Å²) in [6.07, 6.45) is 5.87. The number of nitro benzene ring substituents is 1. The Labute approximate surface area is 168 Å². The van der Waals surface area contributed by atoms with Gasteiger partial charge in [-0.3, -0.25) is 14.8 Å². The van der Waals surface area contributed by atoms with Crippen LogP contribution in [0.15, 0.2) is 55.2 Å². The van der Waals surface area contributed by atoms with Gasteiger partial charge in [-0.15, -0.1) is 0 Å². The smallest absolute Gasteiger partial charge is 0.410 e. The summed E-state index contributed by atoms with van der Waals surface area (Å²) >= 11 is 0. The van der Waals surface area contributed by atoms with Crippen LogP contribution in [-0.4, -0.2) is 35.3 Å². The second-order valence-corrected chi connectivity index (χ2v) is 6.16. The zero-order valence-corrected chi connectivity index (χ0v) is 15.4. The molecule has 0 N–H and O–H groups in total. The van der Waals surface area contributed by atoms with E-state index in [-0.39, 0.29) is 11.4 Å². The SMILES string of the molecule is N#CCCn1cc(-c2ncnc3c2ccn3C(=O)Oc2ccc([N+](=O)[O-])cc2)cn1. The fourth-order valence-electron chi connectivity index (χ4n) is 2.89. The van der Waals surface area contributed by atoms with Crippen molar-refractivity contribution >= 4 is 22.8 Å². The van der Waals surface area contributed by atoms with E-state index in [1.807, 2.05) is 0 Å². The van der Waals surface area contributed by atoms with Crippen molar-refractivity contribution in [1.29, 1.82) is 5.26 Å². The number of hydrogen-bond acceptors (Lipinski definition) is 8. The number of nitro groups is 1. The third-order valence-electron chi connectivity index (χ3n) is 4.29. The van der Waals surface area contributed by atoms with Crippen LogP contribution in [0.25, 0.3) is 22.3 Å². The molecule has 11 nitrogen and oxygen atoms in total. The highest BCUT2D eigenvalue weighted by atomic mass is 16.6. The third kappa shape index (κ3) is 3.57. The Morgan fingerprint density at radius 2 is 2.03 bits per heavy atom. The first-order valence-electron chi connectivity index (χ1n) is 8.75. The van der Waals surface area contributed by atoms with E-state index in [1.54, 1.807) is 23.1 Å². The minimum Gasteiger partial charge on any atom is -0.410 e. The Bertz CT molecular complexity index is 1280. The van der Waals surface area contributed by atoms with Crippen molar-refractivity contribution in [3.63, 3.8) is 0 Å². The Balaban J connectivity index is 1.61. The first-order chi connectivity index (χ1) is 14.6. The van der Waals surface area contributed by atoms with Gasteiger partial charge in [0.05, 0.1) is 35.8 Å². The van der Waals surface area contributed by atoms with Gasteiger partial charge in [0.15, 0.2) is 5.65 Å². The summed E-state index contributed by atoms with van der Waals surface area (Å²) in [5, 5.41) is 24.3. The van der Waals surface area contributed by atoms with E-state index < -0.39 is 11.0 Å². The summed E-state index contributed by atoms with van der Waals surface area (Å²) in [4.78, 5) is 31.2. The van der Waals surface area contributed by atoms with Gasteiger partial charge in [-0.05, 0) is 18.2 Å². The molecule has 0 aliphatic rings. The number of nitrogens with zero attached hydrogens (tertiary/aromatic N) is 7. The second kappa shape index (κ2) is 7.80. The Kier molecular flexibility index (Phi) is 4.88. The number of fused-ring (bicyclic) bond motifs is 1. The van der Waals surface area contributed by atoms with Gasteiger partial charge < -0.3 is 4.74 Å². The summed E-state index contributed by atoms with van der Waals surface area (Å²) in [5.74, 6) is 0.167. The van der Waals surface area contributed by atoms with Crippen LogP contribution in [0.5, 0.6) is 5.75 Å². The fraction of sp³-hybridized carbons (Fsp3) is 0.105. The maximum atomic E-state index is 12.6. The van der Waals surface area contributed by atoms with Gasteiger partial charge in [-0.25, -0.2) is 19.3 Å². The lowest BCUT2D eigenvalue weighted by molar-refractivity contribution is -0.384. The van der Waals surface area contributed by atoms with E-state index >= 15 is 0 Å². The molecule has 3 aromatic heterocycles. The van der Waals surface area contributed by atoms with Gasteiger partial charge in [0, 0.05) is 35.5 Å². The highest BCUT2D eigenvalue weighted by molar-refractivity contribution is 5.95. The van der Waals surface area contributed by atoms with Crippen molar-refractivity contribution in [2.24, 2.45) is 0 Å². The molecular weight excluding hydrogens is 390 g/mol. The summed E-state index contributed by atoms with van der Waals surface area (Å²) in [5.41, 5.74) is 1.55. The lowest BCUT2D eigenvalue weighted by Crippen LogP contribution is -2.16. The molecule has 0 radical (unpaired) electrons. The molecule has 0 spiro atoms. The molecule has 11 heteroatoms. The third-order valence-corrected chi connectivity index (χ3v) is 4.29. The van der Waals surface area contributed by atoms with Gasteiger partial charge in [0.1, 0.15) is 12.1 Å². The van der Waals surface area contributed by atoms with Crippen LogP contribution >= 0.6 is 0 Å². The molecule has 4 rings (SSSR count). The van der Waals surface area contributed by atoms with Gasteiger partial charge >= 0.3 is 6.09 Å². The van der Waals surface area contributed by atoms with Gasteiger partial charge in [0.2, 0.25) is 0 Å². The van der Waals surface area contributed by atoms with Crippen molar-refractivity contribution in [2.45, 2.75) is 13.0 Å². The number of nitriles is 1. The standard InChI is InChI=1S/C19H13N7O4/c20-7-1-8-24-11-13(10-23-24)17-16-6-9-25(18(16)22-12-21-17)19(27)30-15-4-2-14(3-5-15)26(28)29/h2-6,9-12H,1,8H2. The van der Waals surface area contributed by atoms with Crippen LogP contribution in [0.2, 0.25) is 0 Å². The van der Waals surface area contributed by atoms with Crippen molar-refractivity contribution in [2.75, 3.05) is 0 Å². The molecule has 0 atom stereocenters. The number of non-ortho nitro benzene ring substituents is 1. The van der Waals surface area contributed by atoms with Crippen LogP contribution in [0, 0.1) is 21.4 Å². The lowest BCUT2D eigenvalue weighted by Gasteiger charge is -2.06. The molecule has 0 saturated carbocycles. The fourth-order valence-corrected chi connectivity index (χ4v) is 2.89. The number of ether oxygens (including phenoxy) is 1. The maximum Gasteiger partial charge on any atom is 0.425 e. The topological polar surface area (TPSA) is 142 Å². The average Bonchev–Trinajstić information content (AvgIpc) is 3.39. The minimum atomic E-state index is -0.715. The predicted molar refractivity (Wildman–Crippen MR) is 103 cm³/mol. The van der Waals surface area contributed by atoms with Crippen LogP contribution in [-0.2, 0) is 6.54 Å². The van der Waals surface area contributed by atoms with Crippen molar-refractivity contribution in [3.05, 3.63) is 65.4 Å². The molecule has 148 valence electrons. The number of carbonyl (C=O) groups excluding carboxylic acids is 1. The van der Waals surface area contributed by atoms with Gasteiger partial charge in [0.25, 0.3) is 5.69 Å². The molecule has 0 fully saturated rings. The van der Waals surface area contributed by atoms with Crippen LogP contribution in [0.1, 0.15) is 6.42 Å². The zero-order valence-electron chi connectivity index (χ0n) is 15.4. The number of benzene rings is 1. The van der Waals surface area contributed by atoms with E-state index in [9.17, 15) is 14.9 Å². The monoisotopic (exact) mass is 403 g/mol. The largest absolute Gasteiger partial charge is 0.425 e. The van der Waals surface area contributed by atoms with E-state index in [0.717, 1.165) is 5.56 Å². The molecule has 0 aliphatic heterocycles. The molecular formula is C19H13N7O4. The number of aryl methyl sites for hydroxylation is 1. The number of rotatable bonds is 5. The quantitative estimate of drug-likeness (QED) is 0.365. The minimum absolute atomic E-state index is 0.103. The Morgan fingerprint density at radius 1 is 1.23 bits per heavy atom. The maximum absolute atomic E-state index is 12.6. The van der Waals surface area contributed by atoms with Crippen LogP contribution in [0.4, 0.5) is 10.5 Å². The summed E-state index contributed by atoms with van der Waals surface area (Å²) in [6.45, 7) is 0.466. The molecule has 1 aromatic carbocycles. The average molecular weight is 403 g/mol. The molecule has 0 unspecified atom stereocenters. The summed E-state index contributed by atoms with van der Waals surface area (Å²) in [7, 11) is 0. The van der Waals surface area contributed by atoms with E-state index in [4.69, 9.17) is 10.00 Å². The van der Waals surface area contributed by atoms with E-state index in [1.165, 1.54) is 41.4 Å². The molecule has 4 aromatic rings. The summed E-state index contributed by atoms with van der Waals surface area (Å²) in [6, 6.07) is 8.94. The van der Waals surface area contributed by atoms with E-state index in [2.05, 4.69) is 21.1 Å². The summed E-state index contributed by atoms with van der Waals surface area (Å²) < 4.78 is 8.16. The number of carbonyl (C=O) groups is 1. The molecule has 0 amide bonds. The van der Waals surface area contributed by atoms with Crippen LogP contribution < -0.4 is 4.74 Å². The molecule has 30 heavy (non-hydrogen) atoms. The Morgan fingerprint density at radius 3 is 2.77 bits per heavy atom. The molecule has 3 heterocycles. The van der Waals surface area contributed by atoms with Crippen LogP contribution in [0.3, 0.4) is 0 Å². The molecule has 0 aliphatic carbocycles. The first kappa shape index (κ1) is 18.8. The highest BCUT2D eigenvalue weighted by Gasteiger charge is 2.17. The first-order valence-corrected chi connectivity index (χ1v) is 8.75. The van der Waals surface area contributed by atoms with Gasteiger partial charge in [-0.1, -0.05) is 0 Å². The normalized spacial score (nSPS) is 10.6. The predicted octanol–water partition coefficient (Wildman–Crippen LogP) is 3.16.